The highest BCUT2D eigenvalue weighted by Crippen LogP contribution is 2.26. The van der Waals surface area contributed by atoms with E-state index in [1.165, 1.54) is 15.3 Å². The van der Waals surface area contributed by atoms with Gasteiger partial charge in [0, 0.05) is 39.3 Å². The SMILES string of the molecule is CNCCN(C)C(=O)c1cc(S(=O)(=O)N2CCCC2)c(C)o1.Cl. The van der Waals surface area contributed by atoms with E-state index in [4.69, 9.17) is 4.42 Å². The first-order chi connectivity index (χ1) is 10.4. The molecule has 0 bridgehead atoms. The van der Waals surface area contributed by atoms with Crippen molar-refractivity contribution in [1.82, 2.24) is 14.5 Å². The van der Waals surface area contributed by atoms with Gasteiger partial charge in [-0.2, -0.15) is 4.31 Å². The monoisotopic (exact) mass is 365 g/mol. The third-order valence-electron chi connectivity index (χ3n) is 3.81. The van der Waals surface area contributed by atoms with E-state index in [0.29, 0.717) is 26.2 Å². The minimum absolute atomic E-state index is 0. The Morgan fingerprint density at radius 1 is 1.39 bits per heavy atom. The van der Waals surface area contributed by atoms with Gasteiger partial charge in [0.15, 0.2) is 5.76 Å². The summed E-state index contributed by atoms with van der Waals surface area (Å²) < 4.78 is 32.0. The average molecular weight is 366 g/mol. The van der Waals surface area contributed by atoms with Gasteiger partial charge in [-0.05, 0) is 26.8 Å². The minimum atomic E-state index is -3.57. The van der Waals surface area contributed by atoms with Crippen LogP contribution in [0.2, 0.25) is 0 Å². The van der Waals surface area contributed by atoms with Crippen LogP contribution in [-0.2, 0) is 10.0 Å². The number of carbonyl (C=O) groups is 1. The second-order valence-corrected chi connectivity index (χ2v) is 7.38. The lowest BCUT2D eigenvalue weighted by molar-refractivity contribution is 0.0764. The van der Waals surface area contributed by atoms with Crippen molar-refractivity contribution in [1.29, 1.82) is 0 Å². The molecule has 0 radical (unpaired) electrons. The number of likely N-dealkylation sites (N-methyl/N-ethyl adjacent to an activating group) is 2. The zero-order chi connectivity index (χ0) is 16.3. The fraction of sp³-hybridized carbons (Fsp3) is 0.643. The molecule has 1 fully saturated rings. The number of aryl methyl sites for hydroxylation is 1. The van der Waals surface area contributed by atoms with Gasteiger partial charge < -0.3 is 14.6 Å². The molecule has 1 N–H and O–H groups in total. The van der Waals surface area contributed by atoms with Gasteiger partial charge in [-0.1, -0.05) is 0 Å². The van der Waals surface area contributed by atoms with Gasteiger partial charge in [0.2, 0.25) is 10.0 Å². The van der Waals surface area contributed by atoms with E-state index in [1.807, 2.05) is 0 Å². The molecular formula is C14H24ClN3O4S. The van der Waals surface area contributed by atoms with Crippen LogP contribution in [0.4, 0.5) is 0 Å². The predicted molar refractivity (Wildman–Crippen MR) is 89.6 cm³/mol. The third-order valence-corrected chi connectivity index (χ3v) is 5.82. The molecule has 0 saturated carbocycles. The highest BCUT2D eigenvalue weighted by Gasteiger charge is 2.32. The Hall–Kier alpha value is -1.09. The van der Waals surface area contributed by atoms with Crippen LogP contribution >= 0.6 is 12.4 Å². The molecule has 7 nitrogen and oxygen atoms in total. The molecule has 2 heterocycles. The maximum Gasteiger partial charge on any atom is 0.289 e. The summed E-state index contributed by atoms with van der Waals surface area (Å²) in [5.74, 6) is 0.00682. The molecule has 1 aromatic rings. The Kier molecular flexibility index (Phi) is 7.06. The Morgan fingerprint density at radius 3 is 2.57 bits per heavy atom. The molecule has 2 rings (SSSR count). The number of amides is 1. The number of sulfonamides is 1. The first-order valence-electron chi connectivity index (χ1n) is 7.38. The van der Waals surface area contributed by atoms with Crippen LogP contribution in [0.25, 0.3) is 0 Å². The second kappa shape index (κ2) is 8.14. The third kappa shape index (κ3) is 4.26. The Morgan fingerprint density at radius 2 is 2.00 bits per heavy atom. The number of furan rings is 1. The zero-order valence-electron chi connectivity index (χ0n) is 13.7. The van der Waals surface area contributed by atoms with Gasteiger partial charge in [-0.25, -0.2) is 8.42 Å². The average Bonchev–Trinajstić information content (AvgIpc) is 3.13. The maximum absolute atomic E-state index is 12.6. The molecule has 0 unspecified atom stereocenters. The number of nitrogens with one attached hydrogen (secondary N) is 1. The van der Waals surface area contributed by atoms with Crippen LogP contribution in [0.1, 0.15) is 29.2 Å². The van der Waals surface area contributed by atoms with Crippen molar-refractivity contribution in [3.8, 4) is 0 Å². The fourth-order valence-electron chi connectivity index (χ4n) is 2.46. The maximum atomic E-state index is 12.6. The van der Waals surface area contributed by atoms with Gasteiger partial charge in [-0.15, -0.1) is 12.4 Å². The lowest BCUT2D eigenvalue weighted by Crippen LogP contribution is -2.32. The fourth-order valence-corrected chi connectivity index (χ4v) is 4.14. The van der Waals surface area contributed by atoms with Crippen LogP contribution in [0.15, 0.2) is 15.4 Å². The van der Waals surface area contributed by atoms with E-state index in [1.54, 1.807) is 21.0 Å². The normalized spacial score (nSPS) is 15.4. The molecule has 0 spiro atoms. The summed E-state index contributed by atoms with van der Waals surface area (Å²) >= 11 is 0. The summed E-state index contributed by atoms with van der Waals surface area (Å²) in [7, 11) is -0.108. The largest absolute Gasteiger partial charge is 0.455 e. The van der Waals surface area contributed by atoms with Crippen molar-refractivity contribution in [2.45, 2.75) is 24.7 Å². The molecule has 132 valence electrons. The predicted octanol–water partition coefficient (Wildman–Crippen LogP) is 1.09. The standard InChI is InChI=1S/C14H23N3O4S.ClH/c1-11-13(22(19,20)17-7-4-5-8-17)10-12(21-11)14(18)16(3)9-6-15-2;/h10,15H,4-9H2,1-3H3;1H. The second-order valence-electron chi connectivity index (χ2n) is 5.47. The molecule has 1 amide bonds. The highest BCUT2D eigenvalue weighted by molar-refractivity contribution is 7.89. The van der Waals surface area contributed by atoms with Crippen molar-refractivity contribution in [3.05, 3.63) is 17.6 Å². The van der Waals surface area contributed by atoms with E-state index in [-0.39, 0.29) is 34.7 Å². The topological polar surface area (TPSA) is 82.9 Å². The summed E-state index contributed by atoms with van der Waals surface area (Å²) in [5.41, 5.74) is 0. The zero-order valence-corrected chi connectivity index (χ0v) is 15.3. The van der Waals surface area contributed by atoms with Gasteiger partial charge in [-0.3, -0.25) is 4.79 Å². The molecule has 1 saturated heterocycles. The Balaban J connectivity index is 0.00000264. The number of carbonyl (C=O) groups excluding carboxylic acids is 1. The quantitative estimate of drug-likeness (QED) is 0.815. The summed E-state index contributed by atoms with van der Waals surface area (Å²) in [6.45, 7) is 3.80. The van der Waals surface area contributed by atoms with Gasteiger partial charge in [0.25, 0.3) is 5.91 Å². The van der Waals surface area contributed by atoms with E-state index in [2.05, 4.69) is 5.32 Å². The summed E-state index contributed by atoms with van der Waals surface area (Å²) in [4.78, 5) is 13.9. The highest BCUT2D eigenvalue weighted by atomic mass is 35.5. The van der Waals surface area contributed by atoms with Crippen LogP contribution in [0.3, 0.4) is 0 Å². The lowest BCUT2D eigenvalue weighted by atomic mass is 10.4. The molecule has 0 aromatic carbocycles. The summed E-state index contributed by atoms with van der Waals surface area (Å²) in [6, 6.07) is 1.35. The molecule has 0 aliphatic carbocycles. The van der Waals surface area contributed by atoms with E-state index < -0.39 is 10.0 Å². The van der Waals surface area contributed by atoms with Crippen molar-refractivity contribution in [2.24, 2.45) is 0 Å². The first-order valence-corrected chi connectivity index (χ1v) is 8.82. The van der Waals surface area contributed by atoms with Crippen LogP contribution in [0, 0.1) is 6.92 Å². The van der Waals surface area contributed by atoms with E-state index >= 15 is 0 Å². The number of nitrogens with zero attached hydrogens (tertiary/aromatic N) is 2. The smallest absolute Gasteiger partial charge is 0.289 e. The van der Waals surface area contributed by atoms with Crippen molar-refractivity contribution < 1.29 is 17.6 Å². The number of hydrogen-bond donors (Lipinski definition) is 1. The summed E-state index contributed by atoms with van der Waals surface area (Å²) in [6.07, 6.45) is 1.74. The van der Waals surface area contributed by atoms with Crippen molar-refractivity contribution in [2.75, 3.05) is 40.3 Å². The number of halogens is 1. The van der Waals surface area contributed by atoms with Crippen LogP contribution in [-0.4, -0.2) is 63.8 Å². The molecule has 1 aromatic heterocycles. The molecule has 23 heavy (non-hydrogen) atoms. The Labute approximate surface area is 143 Å². The molecule has 9 heteroatoms. The minimum Gasteiger partial charge on any atom is -0.455 e. The Bertz CT molecular complexity index is 638. The number of rotatable bonds is 6. The van der Waals surface area contributed by atoms with Crippen LogP contribution in [0.5, 0.6) is 0 Å². The van der Waals surface area contributed by atoms with Gasteiger partial charge in [0.05, 0.1) is 0 Å². The van der Waals surface area contributed by atoms with Gasteiger partial charge in [0.1, 0.15) is 10.7 Å². The number of hydrogen-bond acceptors (Lipinski definition) is 5. The first kappa shape index (κ1) is 20.0. The van der Waals surface area contributed by atoms with Crippen molar-refractivity contribution >= 4 is 28.3 Å². The molecule has 0 atom stereocenters. The molecular weight excluding hydrogens is 342 g/mol. The van der Waals surface area contributed by atoms with Crippen LogP contribution < -0.4 is 5.32 Å². The van der Waals surface area contributed by atoms with Gasteiger partial charge >= 0.3 is 0 Å². The summed E-state index contributed by atoms with van der Waals surface area (Å²) in [5, 5.41) is 2.96. The van der Waals surface area contributed by atoms with Crippen molar-refractivity contribution in [3.63, 3.8) is 0 Å². The lowest BCUT2D eigenvalue weighted by Gasteiger charge is -2.15. The molecule has 1 aliphatic heterocycles. The molecule has 1 aliphatic rings. The van der Waals surface area contributed by atoms with E-state index in [9.17, 15) is 13.2 Å². The van der Waals surface area contributed by atoms with E-state index in [0.717, 1.165) is 12.8 Å².